The number of furan rings is 1. The van der Waals surface area contributed by atoms with Crippen LogP contribution in [0.25, 0.3) is 10.2 Å². The summed E-state index contributed by atoms with van der Waals surface area (Å²) in [4.78, 5) is 19.5. The van der Waals surface area contributed by atoms with Crippen molar-refractivity contribution in [3.05, 3.63) is 80.3 Å². The fourth-order valence-electron chi connectivity index (χ4n) is 3.10. The first kappa shape index (κ1) is 20.7. The first-order valence-electron chi connectivity index (χ1n) is 9.06. The van der Waals surface area contributed by atoms with Gasteiger partial charge in [-0.25, -0.2) is 4.98 Å². The molecule has 0 atom stereocenters. The van der Waals surface area contributed by atoms with Crippen LogP contribution in [0.15, 0.2) is 57.0 Å². The maximum absolute atomic E-state index is 13.2. The molecule has 0 N–H and O–H groups in total. The molecule has 0 saturated carbocycles. The quantitative estimate of drug-likeness (QED) is 0.275. The van der Waals surface area contributed by atoms with Crippen molar-refractivity contribution in [2.45, 2.75) is 37.5 Å². The number of halogens is 3. The second kappa shape index (κ2) is 7.96. The summed E-state index contributed by atoms with van der Waals surface area (Å²) in [6, 6.07) is 8.69. The van der Waals surface area contributed by atoms with Gasteiger partial charge in [-0.2, -0.15) is 13.2 Å². The first-order chi connectivity index (χ1) is 14.2. The van der Waals surface area contributed by atoms with Crippen LogP contribution in [0, 0.1) is 13.8 Å². The van der Waals surface area contributed by atoms with E-state index in [0.29, 0.717) is 26.7 Å². The minimum atomic E-state index is -4.40. The number of nitrogens with zero attached hydrogens (tertiary/aromatic N) is 2. The van der Waals surface area contributed by atoms with Crippen molar-refractivity contribution < 1.29 is 17.6 Å². The van der Waals surface area contributed by atoms with E-state index in [0.717, 1.165) is 22.6 Å². The highest BCUT2D eigenvalue weighted by Crippen LogP contribution is 2.32. The number of thioether (sulfide) groups is 1. The van der Waals surface area contributed by atoms with Crippen molar-refractivity contribution in [1.82, 2.24) is 9.55 Å². The summed E-state index contributed by atoms with van der Waals surface area (Å²) in [7, 11) is 0. The Morgan fingerprint density at radius 1 is 1.20 bits per heavy atom. The molecule has 0 aliphatic carbocycles. The number of benzene rings is 1. The molecule has 9 heteroatoms. The Morgan fingerprint density at radius 2 is 2.00 bits per heavy atom. The SMILES string of the molecule is Cc1sc2nc(SCc3cccc(C(F)(F)F)c3)n(Cc3ccco3)c(=O)c2c1C. The highest BCUT2D eigenvalue weighted by molar-refractivity contribution is 7.98. The van der Waals surface area contributed by atoms with Crippen LogP contribution >= 0.6 is 23.1 Å². The monoisotopic (exact) mass is 450 g/mol. The van der Waals surface area contributed by atoms with Crippen LogP contribution in [-0.2, 0) is 18.5 Å². The molecule has 0 fully saturated rings. The van der Waals surface area contributed by atoms with E-state index in [2.05, 4.69) is 4.98 Å². The summed E-state index contributed by atoms with van der Waals surface area (Å²) in [5, 5.41) is 1.02. The summed E-state index contributed by atoms with van der Waals surface area (Å²) in [6.45, 7) is 4.03. The number of alkyl halides is 3. The minimum Gasteiger partial charge on any atom is -0.467 e. The average molecular weight is 451 g/mol. The molecule has 156 valence electrons. The van der Waals surface area contributed by atoms with Crippen LogP contribution in [0.3, 0.4) is 0 Å². The van der Waals surface area contributed by atoms with Crippen LogP contribution in [0.2, 0.25) is 0 Å². The molecule has 3 heterocycles. The fraction of sp³-hybridized carbons (Fsp3) is 0.238. The Kier molecular flexibility index (Phi) is 5.50. The summed E-state index contributed by atoms with van der Waals surface area (Å²) in [5.74, 6) is 0.854. The zero-order valence-electron chi connectivity index (χ0n) is 16.1. The van der Waals surface area contributed by atoms with Gasteiger partial charge in [0, 0.05) is 10.6 Å². The molecule has 4 aromatic rings. The van der Waals surface area contributed by atoms with E-state index >= 15 is 0 Å². The van der Waals surface area contributed by atoms with Crippen LogP contribution in [0.5, 0.6) is 0 Å². The molecular weight excluding hydrogens is 433 g/mol. The normalized spacial score (nSPS) is 12.0. The van der Waals surface area contributed by atoms with Gasteiger partial charge in [-0.15, -0.1) is 11.3 Å². The lowest BCUT2D eigenvalue weighted by Gasteiger charge is -2.12. The first-order valence-corrected chi connectivity index (χ1v) is 10.9. The van der Waals surface area contributed by atoms with Gasteiger partial charge < -0.3 is 4.42 Å². The second-order valence-corrected chi connectivity index (χ2v) is 8.96. The standard InChI is InChI=1S/C21H17F3N2O2S2/c1-12-13(2)30-18-17(12)19(27)26(10-16-7-4-8-28-16)20(25-18)29-11-14-5-3-6-15(9-14)21(22,23)24/h3-9H,10-11H2,1-2H3. The zero-order chi connectivity index (χ0) is 21.5. The fourth-order valence-corrected chi connectivity index (χ4v) is 5.11. The van der Waals surface area contributed by atoms with Crippen LogP contribution < -0.4 is 5.56 Å². The van der Waals surface area contributed by atoms with Crippen molar-refractivity contribution in [3.8, 4) is 0 Å². The van der Waals surface area contributed by atoms with Gasteiger partial charge >= 0.3 is 6.18 Å². The summed E-state index contributed by atoms with van der Waals surface area (Å²) < 4.78 is 45.9. The van der Waals surface area contributed by atoms with Crippen molar-refractivity contribution in [2.75, 3.05) is 0 Å². The Bertz CT molecular complexity index is 1260. The zero-order valence-corrected chi connectivity index (χ0v) is 17.7. The number of hydrogen-bond donors (Lipinski definition) is 0. The van der Waals surface area contributed by atoms with Crippen molar-refractivity contribution in [2.24, 2.45) is 0 Å². The van der Waals surface area contributed by atoms with Crippen LogP contribution in [-0.4, -0.2) is 9.55 Å². The Balaban J connectivity index is 1.73. The maximum Gasteiger partial charge on any atom is 0.416 e. The van der Waals surface area contributed by atoms with E-state index in [1.807, 2.05) is 13.8 Å². The molecule has 0 aliphatic heterocycles. The molecule has 0 unspecified atom stereocenters. The van der Waals surface area contributed by atoms with E-state index in [9.17, 15) is 18.0 Å². The molecule has 1 aromatic carbocycles. The van der Waals surface area contributed by atoms with Crippen molar-refractivity contribution in [3.63, 3.8) is 0 Å². The predicted molar refractivity (Wildman–Crippen MR) is 112 cm³/mol. The van der Waals surface area contributed by atoms with E-state index in [4.69, 9.17) is 4.42 Å². The van der Waals surface area contributed by atoms with Gasteiger partial charge in [-0.1, -0.05) is 30.0 Å². The number of rotatable bonds is 5. The largest absolute Gasteiger partial charge is 0.467 e. The Hall–Kier alpha value is -2.52. The van der Waals surface area contributed by atoms with E-state index in [1.165, 1.54) is 40.0 Å². The van der Waals surface area contributed by atoms with Gasteiger partial charge in [0.2, 0.25) is 0 Å². The Labute approximate surface area is 178 Å². The molecule has 4 nitrogen and oxygen atoms in total. The van der Waals surface area contributed by atoms with Crippen molar-refractivity contribution >= 4 is 33.3 Å². The smallest absolute Gasteiger partial charge is 0.416 e. The summed E-state index contributed by atoms with van der Waals surface area (Å²) in [5.41, 5.74) is 0.536. The number of fused-ring (bicyclic) bond motifs is 1. The average Bonchev–Trinajstić information content (AvgIpc) is 3.30. The van der Waals surface area contributed by atoms with Gasteiger partial charge in [0.1, 0.15) is 10.6 Å². The van der Waals surface area contributed by atoms with Gasteiger partial charge in [0.15, 0.2) is 5.16 Å². The molecule has 0 spiro atoms. The minimum absolute atomic E-state index is 0.176. The number of thiophene rings is 1. The molecule has 3 aromatic heterocycles. The number of hydrogen-bond acceptors (Lipinski definition) is 5. The highest BCUT2D eigenvalue weighted by Gasteiger charge is 2.30. The summed E-state index contributed by atoms with van der Waals surface area (Å²) >= 11 is 2.68. The van der Waals surface area contributed by atoms with Crippen molar-refractivity contribution in [1.29, 1.82) is 0 Å². The molecule has 0 amide bonds. The lowest BCUT2D eigenvalue weighted by molar-refractivity contribution is -0.137. The van der Waals surface area contributed by atoms with E-state index < -0.39 is 11.7 Å². The molecule has 0 aliphatic rings. The Morgan fingerprint density at radius 3 is 2.70 bits per heavy atom. The van der Waals surface area contributed by atoms with Gasteiger partial charge in [-0.3, -0.25) is 9.36 Å². The van der Waals surface area contributed by atoms with Crippen LogP contribution in [0.4, 0.5) is 13.2 Å². The number of aryl methyl sites for hydroxylation is 2. The third kappa shape index (κ3) is 4.04. The van der Waals surface area contributed by atoms with E-state index in [1.54, 1.807) is 18.2 Å². The highest BCUT2D eigenvalue weighted by atomic mass is 32.2. The van der Waals surface area contributed by atoms with Gasteiger partial charge in [0.25, 0.3) is 5.56 Å². The molecule has 0 saturated heterocycles. The van der Waals surface area contributed by atoms with Crippen LogP contribution in [0.1, 0.15) is 27.3 Å². The third-order valence-electron chi connectivity index (χ3n) is 4.77. The molecule has 30 heavy (non-hydrogen) atoms. The topological polar surface area (TPSA) is 48.0 Å². The lowest BCUT2D eigenvalue weighted by Crippen LogP contribution is -2.23. The molecular formula is C21H17F3N2O2S2. The summed E-state index contributed by atoms with van der Waals surface area (Å²) in [6.07, 6.45) is -2.87. The van der Waals surface area contributed by atoms with Gasteiger partial charge in [0.05, 0.1) is 23.8 Å². The molecule has 0 bridgehead atoms. The number of aromatic nitrogens is 2. The van der Waals surface area contributed by atoms with Gasteiger partial charge in [-0.05, 0) is 43.2 Å². The predicted octanol–water partition coefficient (Wildman–Crippen LogP) is 6.03. The third-order valence-corrected chi connectivity index (χ3v) is 6.92. The maximum atomic E-state index is 13.2. The lowest BCUT2D eigenvalue weighted by atomic mass is 10.1. The molecule has 0 radical (unpaired) electrons. The second-order valence-electron chi connectivity index (χ2n) is 6.82. The van der Waals surface area contributed by atoms with E-state index in [-0.39, 0.29) is 17.9 Å². The molecule has 4 rings (SSSR count).